The molecule has 2 heterocycles. The predicted molar refractivity (Wildman–Crippen MR) is 124 cm³/mol. The van der Waals surface area contributed by atoms with Crippen molar-refractivity contribution in [1.29, 1.82) is 0 Å². The molecule has 0 bridgehead atoms. The number of anilines is 2. The average molecular weight is 452 g/mol. The van der Waals surface area contributed by atoms with Crippen LogP contribution in [0.25, 0.3) is 0 Å². The minimum Gasteiger partial charge on any atom is -0.479 e. The monoisotopic (exact) mass is 451 g/mol. The number of para-hydroxylation sites is 2. The molecule has 1 fully saturated rings. The molecule has 8 heteroatoms. The summed E-state index contributed by atoms with van der Waals surface area (Å²) in [6.07, 6.45) is 1.09. The summed E-state index contributed by atoms with van der Waals surface area (Å²) in [5, 5.41) is 12.1. The number of rotatable bonds is 6. The molecule has 1 unspecified atom stereocenters. The van der Waals surface area contributed by atoms with Gasteiger partial charge in [0.2, 0.25) is 5.91 Å². The molecule has 33 heavy (non-hydrogen) atoms. The Labute approximate surface area is 193 Å². The quantitative estimate of drug-likeness (QED) is 0.704. The third-order valence-electron chi connectivity index (χ3n) is 6.19. The second-order valence-electron chi connectivity index (χ2n) is 8.51. The lowest BCUT2D eigenvalue weighted by molar-refractivity contribution is -0.125. The Morgan fingerprint density at radius 3 is 2.64 bits per heavy atom. The lowest BCUT2D eigenvalue weighted by Gasteiger charge is -2.32. The molecule has 1 saturated heterocycles. The van der Waals surface area contributed by atoms with Gasteiger partial charge in [-0.15, -0.1) is 0 Å². The fourth-order valence-corrected chi connectivity index (χ4v) is 4.26. The van der Waals surface area contributed by atoms with Gasteiger partial charge in [-0.3, -0.25) is 14.4 Å². The highest BCUT2D eigenvalue weighted by atomic mass is 16.5. The van der Waals surface area contributed by atoms with Crippen LogP contribution in [0.5, 0.6) is 5.75 Å². The van der Waals surface area contributed by atoms with Gasteiger partial charge in [-0.2, -0.15) is 0 Å². The van der Waals surface area contributed by atoms with Gasteiger partial charge in [0.25, 0.3) is 11.8 Å². The van der Waals surface area contributed by atoms with E-state index in [4.69, 9.17) is 4.74 Å². The van der Waals surface area contributed by atoms with Crippen molar-refractivity contribution in [2.24, 2.45) is 5.92 Å². The number of piperidine rings is 1. The maximum absolute atomic E-state index is 12.8. The molecule has 2 aromatic rings. The average Bonchev–Trinajstić information content (AvgIpc) is 2.84. The number of benzene rings is 2. The lowest BCUT2D eigenvalue weighted by atomic mass is 9.97. The highest BCUT2D eigenvalue weighted by Gasteiger charge is 2.31. The summed E-state index contributed by atoms with van der Waals surface area (Å²) in [4.78, 5) is 41.4. The summed E-state index contributed by atoms with van der Waals surface area (Å²) >= 11 is 0. The molecule has 174 valence electrons. The number of likely N-dealkylation sites (tertiary alicyclic amines) is 1. The van der Waals surface area contributed by atoms with Crippen LogP contribution in [-0.2, 0) is 9.59 Å². The minimum atomic E-state index is -0.604. The van der Waals surface area contributed by atoms with Crippen LogP contribution in [0, 0.1) is 5.92 Å². The molecule has 0 aromatic heterocycles. The molecule has 0 spiro atoms. The van der Waals surface area contributed by atoms with Crippen molar-refractivity contribution in [3.05, 3.63) is 54.1 Å². The lowest BCUT2D eigenvalue weighted by Crippen LogP contribution is -2.45. The molecule has 4 rings (SSSR count). The largest absolute Gasteiger partial charge is 0.479 e. The predicted octanol–water partition coefficient (Wildman–Crippen LogP) is 2.67. The van der Waals surface area contributed by atoms with Crippen molar-refractivity contribution in [2.45, 2.75) is 32.3 Å². The third kappa shape index (κ3) is 5.17. The second kappa shape index (κ2) is 10.0. The molecule has 2 N–H and O–H groups in total. The molecule has 3 amide bonds. The van der Waals surface area contributed by atoms with E-state index in [2.05, 4.69) is 5.32 Å². The fourth-order valence-electron chi connectivity index (χ4n) is 4.26. The van der Waals surface area contributed by atoms with Crippen molar-refractivity contribution < 1.29 is 24.2 Å². The number of aliphatic hydroxyl groups excluding tert-OH is 1. The first kappa shape index (κ1) is 22.8. The summed E-state index contributed by atoms with van der Waals surface area (Å²) < 4.78 is 5.63. The van der Waals surface area contributed by atoms with E-state index in [0.29, 0.717) is 35.8 Å². The Hall–Kier alpha value is -3.39. The van der Waals surface area contributed by atoms with Crippen LogP contribution < -0.4 is 15.0 Å². The molecule has 2 aliphatic heterocycles. The number of nitrogens with one attached hydrogen (secondary N) is 1. The standard InChI is InChI=1S/C25H29N3O5/c1-17-24(31)28(21-7-2-3-8-22(21)33-17)14-11-23(30)26-20-6-4-5-19(15-20)25(32)27-12-9-18(16-29)10-13-27/h2-8,15,17-18,29H,9-14,16H2,1H3,(H,26,30). The first-order valence-corrected chi connectivity index (χ1v) is 11.3. The van der Waals surface area contributed by atoms with Crippen LogP contribution >= 0.6 is 0 Å². The molecule has 0 saturated carbocycles. The highest BCUT2D eigenvalue weighted by Crippen LogP contribution is 2.33. The zero-order valence-electron chi connectivity index (χ0n) is 18.7. The molecular formula is C25H29N3O5. The number of fused-ring (bicyclic) bond motifs is 1. The maximum atomic E-state index is 12.8. The molecule has 1 atom stereocenters. The zero-order chi connectivity index (χ0) is 23.4. The fraction of sp³-hybridized carbons (Fsp3) is 0.400. The van der Waals surface area contributed by atoms with Gasteiger partial charge >= 0.3 is 0 Å². The highest BCUT2D eigenvalue weighted by molar-refractivity contribution is 6.01. The van der Waals surface area contributed by atoms with Gasteiger partial charge in [-0.25, -0.2) is 0 Å². The number of aliphatic hydroxyl groups is 1. The van der Waals surface area contributed by atoms with Crippen LogP contribution in [0.15, 0.2) is 48.5 Å². The van der Waals surface area contributed by atoms with E-state index in [-0.39, 0.29) is 43.2 Å². The number of hydrogen-bond donors (Lipinski definition) is 2. The minimum absolute atomic E-state index is 0.0769. The first-order chi connectivity index (χ1) is 16.0. The third-order valence-corrected chi connectivity index (χ3v) is 6.19. The van der Waals surface area contributed by atoms with Gasteiger partial charge in [0.15, 0.2) is 6.10 Å². The smallest absolute Gasteiger partial charge is 0.267 e. The van der Waals surface area contributed by atoms with Crippen molar-refractivity contribution in [3.63, 3.8) is 0 Å². The first-order valence-electron chi connectivity index (χ1n) is 11.3. The summed E-state index contributed by atoms with van der Waals surface area (Å²) in [6.45, 7) is 3.32. The number of amides is 3. The van der Waals surface area contributed by atoms with Gasteiger partial charge in [-0.1, -0.05) is 18.2 Å². The van der Waals surface area contributed by atoms with E-state index in [1.165, 1.54) is 0 Å². The van der Waals surface area contributed by atoms with Crippen molar-refractivity contribution in [2.75, 3.05) is 36.5 Å². The van der Waals surface area contributed by atoms with E-state index < -0.39 is 6.10 Å². The van der Waals surface area contributed by atoms with Crippen LogP contribution in [0.3, 0.4) is 0 Å². The van der Waals surface area contributed by atoms with Gasteiger partial charge in [-0.05, 0) is 56.0 Å². The van der Waals surface area contributed by atoms with Gasteiger partial charge < -0.3 is 25.0 Å². The maximum Gasteiger partial charge on any atom is 0.267 e. The van der Waals surface area contributed by atoms with Gasteiger partial charge in [0.1, 0.15) is 5.75 Å². The molecular weight excluding hydrogens is 422 g/mol. The Morgan fingerprint density at radius 1 is 1.12 bits per heavy atom. The summed E-state index contributed by atoms with van der Waals surface area (Å²) in [6, 6.07) is 14.2. The van der Waals surface area contributed by atoms with Crippen molar-refractivity contribution >= 4 is 29.1 Å². The summed E-state index contributed by atoms with van der Waals surface area (Å²) in [5.41, 5.74) is 1.71. The van der Waals surface area contributed by atoms with E-state index in [9.17, 15) is 19.5 Å². The number of carbonyl (C=O) groups excluding carboxylic acids is 3. The topological polar surface area (TPSA) is 99.2 Å². The number of ether oxygens (including phenoxy) is 1. The molecule has 2 aromatic carbocycles. The molecule has 0 aliphatic carbocycles. The Morgan fingerprint density at radius 2 is 1.88 bits per heavy atom. The summed E-state index contributed by atoms with van der Waals surface area (Å²) in [5.74, 6) is 0.381. The van der Waals surface area contributed by atoms with Crippen LogP contribution in [0.2, 0.25) is 0 Å². The second-order valence-corrected chi connectivity index (χ2v) is 8.51. The number of hydrogen-bond acceptors (Lipinski definition) is 5. The van der Waals surface area contributed by atoms with Gasteiger partial charge in [0.05, 0.1) is 5.69 Å². The summed E-state index contributed by atoms with van der Waals surface area (Å²) in [7, 11) is 0. The van der Waals surface area contributed by atoms with E-state index >= 15 is 0 Å². The zero-order valence-corrected chi connectivity index (χ0v) is 18.7. The van der Waals surface area contributed by atoms with E-state index in [0.717, 1.165) is 12.8 Å². The number of nitrogens with zero attached hydrogens (tertiary/aromatic N) is 2. The molecule has 2 aliphatic rings. The van der Waals surface area contributed by atoms with Crippen LogP contribution in [0.1, 0.15) is 36.5 Å². The van der Waals surface area contributed by atoms with Crippen molar-refractivity contribution in [1.82, 2.24) is 4.90 Å². The normalized spacial score (nSPS) is 18.5. The van der Waals surface area contributed by atoms with E-state index in [1.54, 1.807) is 53.1 Å². The number of carbonyl (C=O) groups is 3. The van der Waals surface area contributed by atoms with Crippen LogP contribution in [0.4, 0.5) is 11.4 Å². The Balaban J connectivity index is 1.36. The Bertz CT molecular complexity index is 1030. The van der Waals surface area contributed by atoms with E-state index in [1.807, 2.05) is 12.1 Å². The van der Waals surface area contributed by atoms with Crippen molar-refractivity contribution in [3.8, 4) is 5.75 Å². The van der Waals surface area contributed by atoms with Gasteiger partial charge in [0, 0.05) is 43.9 Å². The Kier molecular flexibility index (Phi) is 6.93. The molecule has 8 nitrogen and oxygen atoms in total. The van der Waals surface area contributed by atoms with Crippen LogP contribution in [-0.4, -0.2) is 60.1 Å². The molecule has 0 radical (unpaired) electrons. The SMILES string of the molecule is CC1Oc2ccccc2N(CCC(=O)Nc2cccc(C(=O)N3CCC(CO)CC3)c2)C1=O.